The average Bonchev–Trinajstić information content (AvgIpc) is 2.39. The fourth-order valence-electron chi connectivity index (χ4n) is 1.81. The van der Waals surface area contributed by atoms with Crippen molar-refractivity contribution in [3.63, 3.8) is 0 Å². The first-order chi connectivity index (χ1) is 9.36. The molecular formula is C15H14O4S. The molecule has 0 bridgehead atoms. The highest BCUT2D eigenvalue weighted by Gasteiger charge is 2.10. The second kappa shape index (κ2) is 5.56. The van der Waals surface area contributed by atoms with Crippen LogP contribution in [0, 0.1) is 6.92 Å². The lowest BCUT2D eigenvalue weighted by atomic mass is 10.0. The summed E-state index contributed by atoms with van der Waals surface area (Å²) in [5, 5.41) is 0. The summed E-state index contributed by atoms with van der Waals surface area (Å²) in [6.45, 7) is 1.95. The van der Waals surface area contributed by atoms with Crippen molar-refractivity contribution in [2.45, 2.75) is 18.2 Å². The number of rotatable bonds is 4. The normalized spacial score (nSPS) is 11.3. The highest BCUT2D eigenvalue weighted by Crippen LogP contribution is 2.13. The van der Waals surface area contributed by atoms with Gasteiger partial charge in [0.2, 0.25) is 0 Å². The summed E-state index contributed by atoms with van der Waals surface area (Å²) < 4.78 is 30.7. The van der Waals surface area contributed by atoms with Crippen LogP contribution in [0.4, 0.5) is 0 Å². The predicted octanol–water partition coefficient (Wildman–Crippen LogP) is 2.67. The summed E-state index contributed by atoms with van der Waals surface area (Å²) >= 11 is 0. The average molecular weight is 290 g/mol. The topological polar surface area (TPSA) is 71.4 Å². The lowest BCUT2D eigenvalue weighted by molar-refractivity contribution is 0.0993. The maximum atomic E-state index is 12.0. The third-order valence-electron chi connectivity index (χ3n) is 2.96. The summed E-state index contributed by atoms with van der Waals surface area (Å²) in [6.07, 6.45) is 0.189. The summed E-state index contributed by atoms with van der Waals surface area (Å²) in [7, 11) is -4.19. The lowest BCUT2D eigenvalue weighted by Gasteiger charge is -2.03. The van der Waals surface area contributed by atoms with Gasteiger partial charge in [0, 0.05) is 12.0 Å². The molecule has 5 heteroatoms. The van der Waals surface area contributed by atoms with Gasteiger partial charge >= 0.3 is 0 Å². The Morgan fingerprint density at radius 1 is 1.00 bits per heavy atom. The first-order valence-corrected chi connectivity index (χ1v) is 7.46. The molecule has 0 saturated heterocycles. The van der Waals surface area contributed by atoms with Crippen LogP contribution in [0.1, 0.15) is 21.5 Å². The van der Waals surface area contributed by atoms with Gasteiger partial charge in [0.1, 0.15) is 0 Å². The van der Waals surface area contributed by atoms with Gasteiger partial charge in [0.25, 0.3) is 10.1 Å². The lowest BCUT2D eigenvalue weighted by Crippen LogP contribution is -2.04. The number of ketones is 1. The molecule has 0 spiro atoms. The smallest absolute Gasteiger partial charge is 0.294 e. The molecule has 1 N–H and O–H groups in total. The summed E-state index contributed by atoms with van der Waals surface area (Å²) in [5.41, 5.74) is 2.40. The molecule has 0 aliphatic rings. The highest BCUT2D eigenvalue weighted by molar-refractivity contribution is 7.85. The molecule has 0 saturated carbocycles. The molecule has 0 amide bonds. The minimum Gasteiger partial charge on any atom is -0.294 e. The van der Waals surface area contributed by atoms with E-state index >= 15 is 0 Å². The third kappa shape index (κ3) is 3.53. The highest BCUT2D eigenvalue weighted by atomic mass is 32.2. The molecule has 2 rings (SSSR count). The molecule has 2 aromatic carbocycles. The van der Waals surface area contributed by atoms with Crippen molar-refractivity contribution in [3.8, 4) is 0 Å². The van der Waals surface area contributed by atoms with Gasteiger partial charge in [0.15, 0.2) is 5.78 Å². The molecular weight excluding hydrogens is 276 g/mol. The minimum atomic E-state index is -4.19. The van der Waals surface area contributed by atoms with Gasteiger partial charge in [-0.15, -0.1) is 0 Å². The summed E-state index contributed by atoms with van der Waals surface area (Å²) in [4.78, 5) is 11.9. The van der Waals surface area contributed by atoms with E-state index in [4.69, 9.17) is 4.55 Å². The van der Waals surface area contributed by atoms with Gasteiger partial charge in [-0.05, 0) is 24.6 Å². The fourth-order valence-corrected chi connectivity index (χ4v) is 2.29. The molecule has 2 aromatic rings. The molecule has 4 nitrogen and oxygen atoms in total. The van der Waals surface area contributed by atoms with Crippen molar-refractivity contribution < 1.29 is 17.8 Å². The van der Waals surface area contributed by atoms with Crippen LogP contribution in [0.5, 0.6) is 0 Å². The van der Waals surface area contributed by atoms with Gasteiger partial charge in [-0.3, -0.25) is 9.35 Å². The number of Topliss-reactive ketones (excluding diaryl/α,β-unsaturated/α-hetero) is 1. The van der Waals surface area contributed by atoms with Crippen molar-refractivity contribution in [3.05, 3.63) is 65.2 Å². The van der Waals surface area contributed by atoms with E-state index in [0.29, 0.717) is 11.1 Å². The molecule has 0 radical (unpaired) electrons. The Morgan fingerprint density at radius 2 is 1.55 bits per heavy atom. The Kier molecular flexibility index (Phi) is 4.01. The van der Waals surface area contributed by atoms with Gasteiger partial charge < -0.3 is 0 Å². The number of carbonyl (C=O) groups is 1. The van der Waals surface area contributed by atoms with Gasteiger partial charge in [-0.1, -0.05) is 42.0 Å². The fraction of sp³-hybridized carbons (Fsp3) is 0.133. The van der Waals surface area contributed by atoms with Crippen molar-refractivity contribution in [1.29, 1.82) is 0 Å². The minimum absolute atomic E-state index is 0.0374. The van der Waals surface area contributed by atoms with E-state index in [1.807, 2.05) is 19.1 Å². The molecule has 0 aliphatic carbocycles. The van der Waals surface area contributed by atoms with Crippen LogP contribution >= 0.6 is 0 Å². The number of carbonyl (C=O) groups excluding carboxylic acids is 1. The first-order valence-electron chi connectivity index (χ1n) is 6.02. The molecule has 0 fully saturated rings. The zero-order valence-corrected chi connectivity index (χ0v) is 11.7. The Labute approximate surface area is 117 Å². The monoisotopic (exact) mass is 290 g/mol. The Bertz CT molecular complexity index is 713. The maximum absolute atomic E-state index is 12.0. The predicted molar refractivity (Wildman–Crippen MR) is 75.5 cm³/mol. The van der Waals surface area contributed by atoms with Gasteiger partial charge in [-0.25, -0.2) is 0 Å². The zero-order chi connectivity index (χ0) is 14.8. The Morgan fingerprint density at radius 3 is 2.05 bits per heavy atom. The molecule has 0 atom stereocenters. The third-order valence-corrected chi connectivity index (χ3v) is 3.83. The number of hydrogen-bond acceptors (Lipinski definition) is 3. The molecule has 0 unspecified atom stereocenters. The quantitative estimate of drug-likeness (QED) is 0.694. The largest absolute Gasteiger partial charge is 0.294 e. The number of hydrogen-bond donors (Lipinski definition) is 1. The van der Waals surface area contributed by atoms with Crippen LogP contribution in [0.2, 0.25) is 0 Å². The molecule has 0 heterocycles. The Hall–Kier alpha value is -1.98. The van der Waals surface area contributed by atoms with E-state index in [9.17, 15) is 13.2 Å². The second-order valence-electron chi connectivity index (χ2n) is 4.58. The van der Waals surface area contributed by atoms with E-state index in [2.05, 4.69) is 0 Å². The van der Waals surface area contributed by atoms with E-state index in [1.165, 1.54) is 24.3 Å². The van der Waals surface area contributed by atoms with Crippen LogP contribution in [0.25, 0.3) is 0 Å². The van der Waals surface area contributed by atoms with E-state index in [0.717, 1.165) is 5.56 Å². The van der Waals surface area contributed by atoms with Crippen LogP contribution < -0.4 is 0 Å². The van der Waals surface area contributed by atoms with Crippen molar-refractivity contribution in [1.82, 2.24) is 0 Å². The van der Waals surface area contributed by atoms with Crippen LogP contribution in [-0.2, 0) is 16.5 Å². The first kappa shape index (κ1) is 14.4. The van der Waals surface area contributed by atoms with E-state index < -0.39 is 10.1 Å². The number of aryl methyl sites for hydroxylation is 1. The summed E-state index contributed by atoms with van der Waals surface area (Å²) in [5.74, 6) is -0.0374. The van der Waals surface area contributed by atoms with Crippen LogP contribution in [0.15, 0.2) is 53.4 Å². The Balaban J connectivity index is 2.14. The van der Waals surface area contributed by atoms with E-state index in [1.54, 1.807) is 12.1 Å². The van der Waals surface area contributed by atoms with E-state index in [-0.39, 0.29) is 17.1 Å². The van der Waals surface area contributed by atoms with Crippen molar-refractivity contribution in [2.75, 3.05) is 0 Å². The standard InChI is InChI=1S/C15H14O4S/c1-11-2-6-13(7-3-11)15(16)10-12-4-8-14(9-5-12)20(17,18)19/h2-9H,10H2,1H3,(H,17,18,19). The molecule has 0 aliphatic heterocycles. The van der Waals surface area contributed by atoms with Crippen LogP contribution in [0.3, 0.4) is 0 Å². The molecule has 104 valence electrons. The van der Waals surface area contributed by atoms with Crippen molar-refractivity contribution >= 4 is 15.9 Å². The number of benzene rings is 2. The second-order valence-corrected chi connectivity index (χ2v) is 6.01. The maximum Gasteiger partial charge on any atom is 0.294 e. The summed E-state index contributed by atoms with van der Waals surface area (Å²) in [6, 6.07) is 12.9. The SMILES string of the molecule is Cc1ccc(C(=O)Cc2ccc(S(=O)(=O)O)cc2)cc1. The van der Waals surface area contributed by atoms with Crippen molar-refractivity contribution in [2.24, 2.45) is 0 Å². The van der Waals surface area contributed by atoms with Crippen LogP contribution in [-0.4, -0.2) is 18.8 Å². The zero-order valence-electron chi connectivity index (χ0n) is 10.9. The molecule has 20 heavy (non-hydrogen) atoms. The molecule has 0 aromatic heterocycles. The van der Waals surface area contributed by atoms with Gasteiger partial charge in [-0.2, -0.15) is 8.42 Å². The van der Waals surface area contributed by atoms with Gasteiger partial charge in [0.05, 0.1) is 4.90 Å².